The average Bonchev–Trinajstić information content (AvgIpc) is 2.29. The molecule has 1 atom stereocenters. The molecule has 2 rings (SSSR count). The predicted molar refractivity (Wildman–Crippen MR) is 63.5 cm³/mol. The average molecular weight is 269 g/mol. The molecule has 80 valence electrons. The van der Waals surface area contributed by atoms with Crippen LogP contribution >= 0.6 is 15.9 Å². The van der Waals surface area contributed by atoms with Crippen LogP contribution in [0.4, 0.5) is 0 Å². The molecule has 1 heterocycles. The summed E-state index contributed by atoms with van der Waals surface area (Å²) in [6, 6.07) is 8.13. The summed E-state index contributed by atoms with van der Waals surface area (Å²) in [5.41, 5.74) is 2.34. The molecule has 1 aliphatic heterocycles. The van der Waals surface area contributed by atoms with Gasteiger partial charge < -0.3 is 9.84 Å². The van der Waals surface area contributed by atoms with Gasteiger partial charge in [0.2, 0.25) is 0 Å². The standard InChI is InChI=1S/C12H13BrO2/c13-11-3-1-2-9(6-11)12-4-5-15-8-10(12)7-14/h1-4,6,10,14H,5,7-8H2. The molecule has 1 unspecified atom stereocenters. The minimum absolute atomic E-state index is 0.105. The molecule has 0 spiro atoms. The number of benzene rings is 1. The topological polar surface area (TPSA) is 29.5 Å². The summed E-state index contributed by atoms with van der Waals surface area (Å²) in [5, 5.41) is 9.26. The fourth-order valence-corrected chi connectivity index (χ4v) is 2.19. The highest BCUT2D eigenvalue weighted by molar-refractivity contribution is 9.10. The maximum absolute atomic E-state index is 9.26. The quantitative estimate of drug-likeness (QED) is 0.893. The van der Waals surface area contributed by atoms with Crippen molar-refractivity contribution >= 4 is 21.5 Å². The lowest BCUT2D eigenvalue weighted by Gasteiger charge is -2.23. The van der Waals surface area contributed by atoms with Crippen molar-refractivity contribution in [1.29, 1.82) is 0 Å². The van der Waals surface area contributed by atoms with Gasteiger partial charge in [0.25, 0.3) is 0 Å². The predicted octanol–water partition coefficient (Wildman–Crippen LogP) is 2.47. The Bertz CT molecular complexity index is 374. The van der Waals surface area contributed by atoms with Crippen LogP contribution < -0.4 is 0 Å². The van der Waals surface area contributed by atoms with E-state index in [2.05, 4.69) is 28.1 Å². The fourth-order valence-electron chi connectivity index (χ4n) is 1.79. The highest BCUT2D eigenvalue weighted by Gasteiger charge is 2.18. The van der Waals surface area contributed by atoms with E-state index in [1.807, 2.05) is 18.2 Å². The van der Waals surface area contributed by atoms with Crippen LogP contribution in [0.1, 0.15) is 5.56 Å². The van der Waals surface area contributed by atoms with E-state index in [0.29, 0.717) is 13.2 Å². The van der Waals surface area contributed by atoms with Crippen molar-refractivity contribution < 1.29 is 9.84 Å². The van der Waals surface area contributed by atoms with Crippen molar-refractivity contribution in [1.82, 2.24) is 0 Å². The minimum atomic E-state index is 0.105. The number of rotatable bonds is 2. The van der Waals surface area contributed by atoms with Crippen LogP contribution in [0.3, 0.4) is 0 Å². The molecule has 1 aromatic rings. The third-order valence-corrected chi connectivity index (χ3v) is 3.05. The molecular formula is C12H13BrO2. The first-order valence-electron chi connectivity index (χ1n) is 4.96. The van der Waals surface area contributed by atoms with Gasteiger partial charge >= 0.3 is 0 Å². The molecule has 2 nitrogen and oxygen atoms in total. The van der Waals surface area contributed by atoms with E-state index in [9.17, 15) is 5.11 Å². The van der Waals surface area contributed by atoms with Crippen molar-refractivity contribution in [2.75, 3.05) is 19.8 Å². The van der Waals surface area contributed by atoms with Gasteiger partial charge in [-0.15, -0.1) is 0 Å². The second-order valence-corrected chi connectivity index (χ2v) is 4.50. The first-order chi connectivity index (χ1) is 7.31. The van der Waals surface area contributed by atoms with Crippen LogP contribution in [0.5, 0.6) is 0 Å². The van der Waals surface area contributed by atoms with E-state index < -0.39 is 0 Å². The van der Waals surface area contributed by atoms with Gasteiger partial charge in [-0.05, 0) is 23.3 Å². The van der Waals surface area contributed by atoms with Crippen molar-refractivity contribution in [3.63, 3.8) is 0 Å². The smallest absolute Gasteiger partial charge is 0.0653 e. The summed E-state index contributed by atoms with van der Waals surface area (Å²) in [5.74, 6) is 0.105. The van der Waals surface area contributed by atoms with Gasteiger partial charge in [0.15, 0.2) is 0 Å². The van der Waals surface area contributed by atoms with E-state index in [1.165, 1.54) is 5.57 Å². The second kappa shape index (κ2) is 4.92. The van der Waals surface area contributed by atoms with Gasteiger partial charge in [0.05, 0.1) is 19.8 Å². The Balaban J connectivity index is 2.32. The van der Waals surface area contributed by atoms with E-state index in [1.54, 1.807) is 0 Å². The highest BCUT2D eigenvalue weighted by Crippen LogP contribution is 2.28. The number of aliphatic hydroxyl groups excluding tert-OH is 1. The Hall–Kier alpha value is -0.640. The summed E-state index contributed by atoms with van der Waals surface area (Å²) in [6.45, 7) is 1.38. The van der Waals surface area contributed by atoms with Gasteiger partial charge in [-0.1, -0.05) is 34.1 Å². The Morgan fingerprint density at radius 3 is 3.07 bits per heavy atom. The lowest BCUT2D eigenvalue weighted by atomic mass is 9.92. The zero-order chi connectivity index (χ0) is 10.7. The molecule has 1 aliphatic rings. The number of halogens is 1. The number of aliphatic hydroxyl groups is 1. The van der Waals surface area contributed by atoms with Crippen LogP contribution in [0.2, 0.25) is 0 Å². The lowest BCUT2D eigenvalue weighted by molar-refractivity contribution is 0.103. The molecule has 1 aromatic carbocycles. The van der Waals surface area contributed by atoms with Crippen molar-refractivity contribution in [2.45, 2.75) is 0 Å². The zero-order valence-corrected chi connectivity index (χ0v) is 9.90. The van der Waals surface area contributed by atoms with Crippen LogP contribution in [0, 0.1) is 5.92 Å². The molecule has 0 aromatic heterocycles. The van der Waals surface area contributed by atoms with E-state index in [0.717, 1.165) is 10.0 Å². The second-order valence-electron chi connectivity index (χ2n) is 3.59. The maximum Gasteiger partial charge on any atom is 0.0653 e. The van der Waals surface area contributed by atoms with Gasteiger partial charge in [0.1, 0.15) is 0 Å². The molecule has 15 heavy (non-hydrogen) atoms. The van der Waals surface area contributed by atoms with E-state index in [-0.39, 0.29) is 12.5 Å². The Labute approximate surface area is 97.7 Å². The zero-order valence-electron chi connectivity index (χ0n) is 8.32. The molecule has 0 saturated heterocycles. The third kappa shape index (κ3) is 2.48. The fraction of sp³-hybridized carbons (Fsp3) is 0.333. The summed E-state index contributed by atoms with van der Waals surface area (Å²) in [4.78, 5) is 0. The molecule has 0 radical (unpaired) electrons. The van der Waals surface area contributed by atoms with Crippen LogP contribution in [-0.2, 0) is 4.74 Å². The van der Waals surface area contributed by atoms with Crippen molar-refractivity contribution in [2.24, 2.45) is 5.92 Å². The van der Waals surface area contributed by atoms with E-state index in [4.69, 9.17) is 4.74 Å². The van der Waals surface area contributed by atoms with Crippen molar-refractivity contribution in [3.8, 4) is 0 Å². The Morgan fingerprint density at radius 2 is 2.33 bits per heavy atom. The van der Waals surface area contributed by atoms with Gasteiger partial charge in [-0.3, -0.25) is 0 Å². The summed E-state index contributed by atoms with van der Waals surface area (Å²) in [7, 11) is 0. The largest absolute Gasteiger partial charge is 0.396 e. The molecular weight excluding hydrogens is 256 g/mol. The Kier molecular flexibility index (Phi) is 3.57. The van der Waals surface area contributed by atoms with Crippen LogP contribution in [0.25, 0.3) is 5.57 Å². The third-order valence-electron chi connectivity index (χ3n) is 2.56. The van der Waals surface area contributed by atoms with Gasteiger partial charge in [0, 0.05) is 10.4 Å². The first-order valence-corrected chi connectivity index (χ1v) is 5.75. The number of hydrogen-bond donors (Lipinski definition) is 1. The van der Waals surface area contributed by atoms with Crippen LogP contribution in [0.15, 0.2) is 34.8 Å². The van der Waals surface area contributed by atoms with Gasteiger partial charge in [-0.25, -0.2) is 0 Å². The molecule has 1 N–H and O–H groups in total. The molecule has 0 saturated carbocycles. The van der Waals surface area contributed by atoms with Crippen molar-refractivity contribution in [3.05, 3.63) is 40.4 Å². The summed E-state index contributed by atoms with van der Waals surface area (Å²) in [6.07, 6.45) is 2.05. The minimum Gasteiger partial charge on any atom is -0.396 e. The Morgan fingerprint density at radius 1 is 1.47 bits per heavy atom. The first kappa shape index (κ1) is 10.9. The number of ether oxygens (including phenoxy) is 1. The normalized spacial score (nSPS) is 21.2. The molecule has 0 bridgehead atoms. The molecule has 0 amide bonds. The number of hydrogen-bond acceptors (Lipinski definition) is 2. The van der Waals surface area contributed by atoms with Gasteiger partial charge in [-0.2, -0.15) is 0 Å². The van der Waals surface area contributed by atoms with Crippen LogP contribution in [-0.4, -0.2) is 24.9 Å². The summed E-state index contributed by atoms with van der Waals surface area (Å²) < 4.78 is 6.37. The molecule has 0 aliphatic carbocycles. The molecule has 0 fully saturated rings. The maximum atomic E-state index is 9.26. The summed E-state index contributed by atoms with van der Waals surface area (Å²) >= 11 is 3.45. The lowest BCUT2D eigenvalue weighted by Crippen LogP contribution is -2.20. The SMILES string of the molecule is OCC1COCC=C1c1cccc(Br)c1. The molecule has 3 heteroatoms. The van der Waals surface area contributed by atoms with E-state index >= 15 is 0 Å². The monoisotopic (exact) mass is 268 g/mol. The highest BCUT2D eigenvalue weighted by atomic mass is 79.9.